The number of aliphatic hydroxyl groups is 2. The van der Waals surface area contributed by atoms with E-state index in [0.717, 1.165) is 44.9 Å². The fraction of sp³-hybridized carbons (Fsp3) is 0.750. The molecule has 0 aromatic carbocycles. The summed E-state index contributed by atoms with van der Waals surface area (Å²) in [5.41, 5.74) is 0. The van der Waals surface area contributed by atoms with Gasteiger partial charge in [-0.1, -0.05) is 164 Å². The molecule has 0 saturated heterocycles. The highest BCUT2D eigenvalue weighted by Crippen LogP contribution is 2.43. The summed E-state index contributed by atoms with van der Waals surface area (Å²) in [4.78, 5) is 35.0. The molecule has 11 heteroatoms. The van der Waals surface area contributed by atoms with Crippen molar-refractivity contribution >= 4 is 19.8 Å². The van der Waals surface area contributed by atoms with Gasteiger partial charge in [0.2, 0.25) is 0 Å². The summed E-state index contributed by atoms with van der Waals surface area (Å²) < 4.78 is 32.7. The molecule has 0 aromatic rings. The van der Waals surface area contributed by atoms with Crippen LogP contribution in [0.15, 0.2) is 60.8 Å². The van der Waals surface area contributed by atoms with Crippen molar-refractivity contribution in [3.05, 3.63) is 60.8 Å². The molecule has 0 amide bonds. The third-order valence-corrected chi connectivity index (χ3v) is 10.6. The molecule has 10 nitrogen and oxygen atoms in total. The van der Waals surface area contributed by atoms with Crippen molar-refractivity contribution in [2.45, 2.75) is 206 Å². The molecule has 0 aliphatic rings. The molecule has 342 valence electrons. The summed E-state index contributed by atoms with van der Waals surface area (Å²) in [5, 5.41) is 18.3. The van der Waals surface area contributed by atoms with Gasteiger partial charge in [-0.3, -0.25) is 18.6 Å². The highest BCUT2D eigenvalue weighted by molar-refractivity contribution is 7.47. The number of allylic oxidation sites excluding steroid dienone is 10. The molecule has 0 aromatic heterocycles. The van der Waals surface area contributed by atoms with Gasteiger partial charge in [-0.15, -0.1) is 0 Å². The molecule has 3 atom stereocenters. The molecule has 59 heavy (non-hydrogen) atoms. The van der Waals surface area contributed by atoms with Gasteiger partial charge in [-0.2, -0.15) is 0 Å². The van der Waals surface area contributed by atoms with Gasteiger partial charge in [0.15, 0.2) is 6.10 Å². The molecule has 3 N–H and O–H groups in total. The van der Waals surface area contributed by atoms with E-state index in [4.69, 9.17) is 19.1 Å². The van der Waals surface area contributed by atoms with Crippen molar-refractivity contribution in [2.24, 2.45) is 0 Å². The highest BCUT2D eigenvalue weighted by atomic mass is 31.2. The quantitative estimate of drug-likeness (QED) is 0.0234. The second kappa shape index (κ2) is 43.7. The molecule has 0 bridgehead atoms. The number of unbranched alkanes of at least 4 members (excludes halogenated alkanes) is 19. The predicted molar refractivity (Wildman–Crippen MR) is 242 cm³/mol. The van der Waals surface area contributed by atoms with Crippen molar-refractivity contribution in [3.63, 3.8) is 0 Å². The van der Waals surface area contributed by atoms with Gasteiger partial charge < -0.3 is 24.6 Å². The lowest BCUT2D eigenvalue weighted by Crippen LogP contribution is -2.29. The summed E-state index contributed by atoms with van der Waals surface area (Å²) in [6.07, 6.45) is 49.1. The Labute approximate surface area is 359 Å². The minimum absolute atomic E-state index is 0.104. The maximum atomic E-state index is 12.6. The minimum Gasteiger partial charge on any atom is -0.462 e. The molecule has 0 heterocycles. The van der Waals surface area contributed by atoms with Gasteiger partial charge >= 0.3 is 19.8 Å². The Morgan fingerprint density at radius 3 is 1.39 bits per heavy atom. The number of carbonyl (C=O) groups is 2. The van der Waals surface area contributed by atoms with E-state index in [2.05, 4.69) is 73.1 Å². The van der Waals surface area contributed by atoms with E-state index in [1.165, 1.54) is 103 Å². The van der Waals surface area contributed by atoms with E-state index in [-0.39, 0.29) is 19.4 Å². The first-order chi connectivity index (χ1) is 28.7. The third kappa shape index (κ3) is 43.6. The standard InChI is InChI=1S/C48H85O10P/c1-3-5-7-9-11-13-15-17-19-20-21-22-23-24-26-28-30-32-34-36-38-40-48(52)58-46(44-57-59(53,54)56-42-45(50)41-49)43-55-47(51)39-37-35-33-31-29-27-25-18-16-14-12-10-8-6-4-2/h19-20,22-23,26-29,32,34,45-46,49-50H,3-18,21,24-25,30-31,33,35-44H2,1-2H3,(H,53,54)/b20-19+,23-22+,28-26+,29-27+,34-32+/t45-,46+/m0/s1. The number of rotatable bonds is 43. The molecular formula is C48H85O10P. The lowest BCUT2D eigenvalue weighted by atomic mass is 10.1. The fourth-order valence-corrected chi connectivity index (χ4v) is 6.83. The average molecular weight is 853 g/mol. The van der Waals surface area contributed by atoms with Crippen LogP contribution in [0.5, 0.6) is 0 Å². The van der Waals surface area contributed by atoms with Crippen LogP contribution in [0.3, 0.4) is 0 Å². The van der Waals surface area contributed by atoms with Crippen LogP contribution < -0.4 is 0 Å². The first-order valence-corrected chi connectivity index (χ1v) is 24.7. The smallest absolute Gasteiger partial charge is 0.462 e. The zero-order valence-corrected chi connectivity index (χ0v) is 38.1. The van der Waals surface area contributed by atoms with Crippen LogP contribution >= 0.6 is 7.82 Å². The molecule has 0 aliphatic carbocycles. The van der Waals surface area contributed by atoms with Gasteiger partial charge in [0.05, 0.1) is 19.8 Å². The Morgan fingerprint density at radius 2 is 0.898 bits per heavy atom. The number of ether oxygens (including phenoxy) is 2. The van der Waals surface area contributed by atoms with Gasteiger partial charge in [0.1, 0.15) is 12.7 Å². The van der Waals surface area contributed by atoms with Crippen LogP contribution in [-0.2, 0) is 32.7 Å². The van der Waals surface area contributed by atoms with Crippen LogP contribution in [0, 0.1) is 0 Å². The van der Waals surface area contributed by atoms with Crippen molar-refractivity contribution < 1.29 is 47.8 Å². The van der Waals surface area contributed by atoms with E-state index < -0.39 is 51.8 Å². The monoisotopic (exact) mass is 853 g/mol. The van der Waals surface area contributed by atoms with E-state index in [9.17, 15) is 24.2 Å². The largest absolute Gasteiger partial charge is 0.472 e. The lowest BCUT2D eigenvalue weighted by molar-refractivity contribution is -0.161. The Balaban J connectivity index is 4.38. The van der Waals surface area contributed by atoms with Gasteiger partial charge in [-0.25, -0.2) is 4.57 Å². The zero-order valence-electron chi connectivity index (χ0n) is 37.2. The molecule has 0 fully saturated rings. The van der Waals surface area contributed by atoms with E-state index in [1.54, 1.807) is 0 Å². The van der Waals surface area contributed by atoms with Gasteiger partial charge in [-0.05, 0) is 77.0 Å². The normalized spacial score (nSPS) is 14.3. The Kier molecular flexibility index (Phi) is 42.0. The van der Waals surface area contributed by atoms with Crippen molar-refractivity contribution in [2.75, 3.05) is 26.4 Å². The van der Waals surface area contributed by atoms with Crippen LogP contribution in [0.25, 0.3) is 0 Å². The second-order valence-corrected chi connectivity index (χ2v) is 16.9. The molecule has 0 saturated carbocycles. The molecular weight excluding hydrogens is 767 g/mol. The molecule has 0 aliphatic heterocycles. The van der Waals surface area contributed by atoms with E-state index in [0.29, 0.717) is 19.3 Å². The average Bonchev–Trinajstić information content (AvgIpc) is 3.22. The van der Waals surface area contributed by atoms with Crippen molar-refractivity contribution in [1.29, 1.82) is 0 Å². The van der Waals surface area contributed by atoms with Crippen molar-refractivity contribution in [1.82, 2.24) is 0 Å². The van der Waals surface area contributed by atoms with Gasteiger partial charge in [0.25, 0.3) is 0 Å². The Bertz CT molecular complexity index is 1160. The van der Waals surface area contributed by atoms with Crippen LogP contribution in [-0.4, -0.2) is 65.7 Å². The molecule has 0 spiro atoms. The van der Waals surface area contributed by atoms with Crippen LogP contribution in [0.2, 0.25) is 0 Å². The SMILES string of the molecule is CCCCCCCCC/C=C/C/C=C/C/C=C/C/C=C/CCCC(=O)O[C@H](COC(=O)CCCCC/C=C/CCCCCCCCCC)COP(=O)(O)OC[C@@H](O)CO. The van der Waals surface area contributed by atoms with E-state index in [1.807, 2.05) is 6.08 Å². The fourth-order valence-electron chi connectivity index (χ4n) is 6.04. The second-order valence-electron chi connectivity index (χ2n) is 15.4. The van der Waals surface area contributed by atoms with E-state index >= 15 is 0 Å². The van der Waals surface area contributed by atoms with Crippen molar-refractivity contribution in [3.8, 4) is 0 Å². The maximum Gasteiger partial charge on any atom is 0.472 e. The summed E-state index contributed by atoms with van der Waals surface area (Å²) in [6.45, 7) is 2.30. The topological polar surface area (TPSA) is 149 Å². The zero-order chi connectivity index (χ0) is 43.3. The molecule has 1 unspecified atom stereocenters. The van der Waals surface area contributed by atoms with Gasteiger partial charge in [0, 0.05) is 12.8 Å². The number of esters is 2. The Hall–Kier alpha value is -2.33. The lowest BCUT2D eigenvalue weighted by Gasteiger charge is -2.20. The maximum absolute atomic E-state index is 12.6. The predicted octanol–water partition coefficient (Wildman–Crippen LogP) is 12.7. The first kappa shape index (κ1) is 56.7. The van der Waals surface area contributed by atoms with Crippen LogP contribution in [0.1, 0.15) is 194 Å². The molecule has 0 rings (SSSR count). The number of carbonyl (C=O) groups excluding carboxylic acids is 2. The summed E-state index contributed by atoms with van der Waals surface area (Å²) >= 11 is 0. The number of hydrogen-bond donors (Lipinski definition) is 3. The first-order valence-electron chi connectivity index (χ1n) is 23.2. The number of phosphoric acid groups is 1. The number of hydrogen-bond acceptors (Lipinski definition) is 9. The molecule has 0 radical (unpaired) electrons. The summed E-state index contributed by atoms with van der Waals surface area (Å²) in [6, 6.07) is 0. The third-order valence-electron chi connectivity index (χ3n) is 9.64. The summed E-state index contributed by atoms with van der Waals surface area (Å²) in [7, 11) is -4.64. The van der Waals surface area contributed by atoms with Crippen LogP contribution in [0.4, 0.5) is 0 Å². The number of aliphatic hydroxyl groups excluding tert-OH is 2. The highest BCUT2D eigenvalue weighted by Gasteiger charge is 2.27. The summed E-state index contributed by atoms with van der Waals surface area (Å²) in [5.74, 6) is -1.01. The minimum atomic E-state index is -4.64. The number of phosphoric ester groups is 1. The Morgan fingerprint density at radius 1 is 0.508 bits per heavy atom.